The number of nitrogens with zero attached hydrogens (tertiary/aromatic N) is 2. The first kappa shape index (κ1) is 21.5. The van der Waals surface area contributed by atoms with Gasteiger partial charge in [0.2, 0.25) is 4.77 Å². The number of benzene rings is 2. The molecule has 2 aromatic carbocycles. The number of carbonyl (C=O) groups is 1. The Bertz CT molecular complexity index is 1110. The minimum atomic E-state index is -0.614. The lowest BCUT2D eigenvalue weighted by atomic mass is 10.2. The number of H-pyrrole nitrogens is 1. The summed E-state index contributed by atoms with van der Waals surface area (Å²) in [5, 5.41) is 7.36. The van der Waals surface area contributed by atoms with Crippen LogP contribution >= 0.6 is 23.8 Å². The van der Waals surface area contributed by atoms with Crippen molar-refractivity contribution in [1.82, 2.24) is 14.9 Å². The first-order valence-corrected chi connectivity index (χ1v) is 9.55. The summed E-state index contributed by atoms with van der Waals surface area (Å²) in [4.78, 5) is 11.0. The Hall–Kier alpha value is -3.24. The van der Waals surface area contributed by atoms with E-state index in [9.17, 15) is 4.79 Å². The molecule has 4 N–H and O–H groups in total. The molecule has 30 heavy (non-hydrogen) atoms. The van der Waals surface area contributed by atoms with Crippen LogP contribution in [0.1, 0.15) is 5.56 Å². The molecule has 0 saturated carbocycles. The average Bonchev–Trinajstić information content (AvgIpc) is 3.10. The molecular formula is C19H20ClN5O4S. The number of para-hydroxylation sites is 1. The third-order valence-corrected chi connectivity index (χ3v) is 4.66. The highest BCUT2D eigenvalue weighted by Crippen LogP contribution is 2.36. The molecule has 0 radical (unpaired) electrons. The highest BCUT2D eigenvalue weighted by atomic mass is 35.5. The molecule has 0 aliphatic rings. The topological polar surface area (TPSA) is 116 Å². The number of hydrogen-bond donors (Lipinski definition) is 3. The van der Waals surface area contributed by atoms with E-state index >= 15 is 0 Å². The van der Waals surface area contributed by atoms with E-state index in [1.807, 2.05) is 24.3 Å². The standard InChI is InChI=1S/C19H20ClN5O4S/c1-27-14-6-4-3-5-12(14)18-23-24-19(30)25(18)22-9-11-7-13(20)17(15(8-11)28-2)29-10-16(21)26/h3-8,22H,9-10H2,1-2H3,(H2,21,26)(H,24,30). The molecule has 0 spiro atoms. The van der Waals surface area contributed by atoms with Gasteiger partial charge < -0.3 is 25.4 Å². The van der Waals surface area contributed by atoms with Crippen molar-refractivity contribution in [2.75, 3.05) is 26.3 Å². The number of rotatable bonds is 9. The molecule has 158 valence electrons. The van der Waals surface area contributed by atoms with Crippen molar-refractivity contribution >= 4 is 29.7 Å². The van der Waals surface area contributed by atoms with Gasteiger partial charge in [-0.1, -0.05) is 23.7 Å². The zero-order valence-corrected chi connectivity index (χ0v) is 17.8. The van der Waals surface area contributed by atoms with Gasteiger partial charge in [-0.15, -0.1) is 0 Å². The lowest BCUT2D eigenvalue weighted by Crippen LogP contribution is -2.20. The summed E-state index contributed by atoms with van der Waals surface area (Å²) in [5.74, 6) is 1.24. The van der Waals surface area contributed by atoms with Crippen LogP contribution < -0.4 is 25.4 Å². The number of nitrogens with two attached hydrogens (primary N) is 1. The van der Waals surface area contributed by atoms with Crippen molar-refractivity contribution < 1.29 is 19.0 Å². The van der Waals surface area contributed by atoms with E-state index in [0.29, 0.717) is 28.6 Å². The molecule has 9 nitrogen and oxygen atoms in total. The molecule has 0 fully saturated rings. The van der Waals surface area contributed by atoms with Gasteiger partial charge in [0.05, 0.1) is 31.4 Å². The van der Waals surface area contributed by atoms with Gasteiger partial charge in [-0.3, -0.25) is 4.79 Å². The number of primary amides is 1. The Morgan fingerprint density at radius 3 is 2.70 bits per heavy atom. The van der Waals surface area contributed by atoms with Crippen molar-refractivity contribution in [3.8, 4) is 28.6 Å². The van der Waals surface area contributed by atoms with E-state index in [1.54, 1.807) is 23.9 Å². The second kappa shape index (κ2) is 9.51. The van der Waals surface area contributed by atoms with E-state index in [1.165, 1.54) is 7.11 Å². The summed E-state index contributed by atoms with van der Waals surface area (Å²) in [6, 6.07) is 10.9. The molecule has 11 heteroatoms. The molecule has 0 saturated heterocycles. The Kier molecular flexibility index (Phi) is 6.80. The van der Waals surface area contributed by atoms with Gasteiger partial charge in [0.25, 0.3) is 5.91 Å². The van der Waals surface area contributed by atoms with E-state index in [0.717, 1.165) is 11.1 Å². The summed E-state index contributed by atoms with van der Waals surface area (Å²) in [6.45, 7) is 0.0439. The number of carbonyl (C=O) groups excluding carboxylic acids is 1. The fraction of sp³-hybridized carbons (Fsp3) is 0.211. The molecule has 1 heterocycles. The van der Waals surface area contributed by atoms with Gasteiger partial charge in [0.1, 0.15) is 5.75 Å². The maximum atomic E-state index is 11.0. The summed E-state index contributed by atoms with van der Waals surface area (Å²) < 4.78 is 18.1. The number of amides is 1. The minimum absolute atomic E-state index is 0.247. The number of aromatic nitrogens is 3. The van der Waals surface area contributed by atoms with Crippen LogP contribution in [0.4, 0.5) is 0 Å². The third kappa shape index (κ3) is 4.66. The number of aromatic amines is 1. The Balaban J connectivity index is 1.86. The second-order valence-corrected chi connectivity index (χ2v) is 6.88. The number of hydrogen-bond acceptors (Lipinski definition) is 7. The molecule has 0 aliphatic heterocycles. The van der Waals surface area contributed by atoms with E-state index in [4.69, 9.17) is 43.8 Å². The average molecular weight is 450 g/mol. The van der Waals surface area contributed by atoms with Crippen LogP contribution in [0.3, 0.4) is 0 Å². The normalized spacial score (nSPS) is 10.5. The molecule has 1 amide bonds. The molecule has 3 rings (SSSR count). The summed E-state index contributed by atoms with van der Waals surface area (Å²) in [5.41, 5.74) is 9.89. The zero-order valence-electron chi connectivity index (χ0n) is 16.3. The highest BCUT2D eigenvalue weighted by molar-refractivity contribution is 7.71. The lowest BCUT2D eigenvalue weighted by molar-refractivity contribution is -0.119. The van der Waals surface area contributed by atoms with Crippen molar-refractivity contribution in [1.29, 1.82) is 0 Å². The maximum Gasteiger partial charge on any atom is 0.255 e. The van der Waals surface area contributed by atoms with Gasteiger partial charge in [-0.05, 0) is 42.0 Å². The number of nitrogens with one attached hydrogen (secondary N) is 2. The summed E-state index contributed by atoms with van der Waals surface area (Å²) in [7, 11) is 3.07. The van der Waals surface area contributed by atoms with Crippen molar-refractivity contribution in [3.63, 3.8) is 0 Å². The van der Waals surface area contributed by atoms with Crippen molar-refractivity contribution in [2.24, 2.45) is 5.73 Å². The number of ether oxygens (including phenoxy) is 3. The molecule has 3 aromatic rings. The number of halogens is 1. The predicted molar refractivity (Wildman–Crippen MR) is 115 cm³/mol. The second-order valence-electron chi connectivity index (χ2n) is 6.09. The van der Waals surface area contributed by atoms with Crippen LogP contribution in [0.2, 0.25) is 5.02 Å². The van der Waals surface area contributed by atoms with E-state index in [2.05, 4.69) is 15.6 Å². The van der Waals surface area contributed by atoms with Crippen LogP contribution in [0, 0.1) is 4.77 Å². The highest BCUT2D eigenvalue weighted by Gasteiger charge is 2.16. The molecule has 1 aromatic heterocycles. The first-order chi connectivity index (χ1) is 14.4. The first-order valence-electron chi connectivity index (χ1n) is 8.76. The molecule has 0 atom stereocenters. The zero-order chi connectivity index (χ0) is 21.7. The van der Waals surface area contributed by atoms with Crippen LogP contribution in [0.15, 0.2) is 36.4 Å². The van der Waals surface area contributed by atoms with Crippen LogP contribution in [0.25, 0.3) is 11.4 Å². The van der Waals surface area contributed by atoms with Crippen LogP contribution in [0.5, 0.6) is 17.2 Å². The quantitative estimate of drug-likeness (QED) is 0.430. The lowest BCUT2D eigenvalue weighted by Gasteiger charge is -2.15. The maximum absolute atomic E-state index is 11.0. The van der Waals surface area contributed by atoms with Crippen LogP contribution in [-0.2, 0) is 11.3 Å². The molecule has 0 unspecified atom stereocenters. The van der Waals surface area contributed by atoms with Gasteiger partial charge in [-0.25, -0.2) is 9.77 Å². The van der Waals surface area contributed by atoms with Gasteiger partial charge in [-0.2, -0.15) is 5.10 Å². The van der Waals surface area contributed by atoms with Gasteiger partial charge in [0.15, 0.2) is 23.9 Å². The van der Waals surface area contributed by atoms with Crippen molar-refractivity contribution in [2.45, 2.75) is 6.54 Å². The molecule has 0 bridgehead atoms. The van der Waals surface area contributed by atoms with E-state index in [-0.39, 0.29) is 17.4 Å². The van der Waals surface area contributed by atoms with Gasteiger partial charge >= 0.3 is 0 Å². The largest absolute Gasteiger partial charge is 0.496 e. The van der Waals surface area contributed by atoms with Crippen LogP contribution in [-0.4, -0.2) is 41.6 Å². The SMILES string of the molecule is COc1ccccc1-c1n[nH]c(=S)n1NCc1cc(Cl)c(OCC(N)=O)c(OC)c1. The summed E-state index contributed by atoms with van der Waals surface area (Å²) in [6.07, 6.45) is 0. The third-order valence-electron chi connectivity index (χ3n) is 4.11. The Morgan fingerprint density at radius 1 is 1.27 bits per heavy atom. The fourth-order valence-corrected chi connectivity index (χ4v) is 3.27. The molecule has 0 aliphatic carbocycles. The minimum Gasteiger partial charge on any atom is -0.496 e. The predicted octanol–water partition coefficient (Wildman–Crippen LogP) is 2.89. The fourth-order valence-electron chi connectivity index (χ4n) is 2.78. The summed E-state index contributed by atoms with van der Waals surface area (Å²) >= 11 is 11.7. The van der Waals surface area contributed by atoms with Crippen molar-refractivity contribution in [3.05, 3.63) is 51.8 Å². The van der Waals surface area contributed by atoms with Gasteiger partial charge in [0, 0.05) is 0 Å². The smallest absolute Gasteiger partial charge is 0.255 e. The van der Waals surface area contributed by atoms with E-state index < -0.39 is 5.91 Å². The molecular weight excluding hydrogens is 430 g/mol. The monoisotopic (exact) mass is 449 g/mol. The Morgan fingerprint density at radius 2 is 2.00 bits per heavy atom. The Labute approximate surface area is 182 Å². The number of methoxy groups -OCH3 is 2.